The summed E-state index contributed by atoms with van der Waals surface area (Å²) >= 11 is 0. The third-order valence-corrected chi connectivity index (χ3v) is 3.43. The van der Waals surface area contributed by atoms with E-state index in [-0.39, 0.29) is 0 Å². The van der Waals surface area contributed by atoms with Gasteiger partial charge in [-0.25, -0.2) is 0 Å². The zero-order valence-corrected chi connectivity index (χ0v) is 12.3. The lowest BCUT2D eigenvalue weighted by atomic mass is 9.85. The van der Waals surface area contributed by atoms with E-state index in [1.165, 1.54) is 19.5 Å². The molecule has 1 unspecified atom stereocenters. The molecule has 98 valence electrons. The van der Waals surface area contributed by atoms with Gasteiger partial charge in [0.05, 0.1) is 0 Å². The van der Waals surface area contributed by atoms with Crippen molar-refractivity contribution in [1.82, 2.24) is 15.1 Å². The fourth-order valence-corrected chi connectivity index (χ4v) is 1.96. The molecule has 3 nitrogen and oxygen atoms in total. The van der Waals surface area contributed by atoms with E-state index in [4.69, 9.17) is 0 Å². The van der Waals surface area contributed by atoms with Crippen LogP contribution in [0.3, 0.4) is 0 Å². The summed E-state index contributed by atoms with van der Waals surface area (Å²) in [6.07, 6.45) is 1.24. The first-order valence-electron chi connectivity index (χ1n) is 6.30. The van der Waals surface area contributed by atoms with Crippen molar-refractivity contribution < 1.29 is 0 Å². The van der Waals surface area contributed by atoms with Gasteiger partial charge in [0.2, 0.25) is 0 Å². The maximum absolute atomic E-state index is 3.35. The van der Waals surface area contributed by atoms with Crippen LogP contribution >= 0.6 is 0 Å². The highest BCUT2D eigenvalue weighted by Crippen LogP contribution is 2.21. The highest BCUT2D eigenvalue weighted by Gasteiger charge is 2.25. The van der Waals surface area contributed by atoms with Crippen molar-refractivity contribution in [3.8, 4) is 0 Å². The van der Waals surface area contributed by atoms with Gasteiger partial charge in [-0.3, -0.25) is 0 Å². The monoisotopic (exact) mass is 229 g/mol. The van der Waals surface area contributed by atoms with Gasteiger partial charge in [0.15, 0.2) is 0 Å². The van der Waals surface area contributed by atoms with Crippen LogP contribution < -0.4 is 5.32 Å². The van der Waals surface area contributed by atoms with Crippen LogP contribution in [0.15, 0.2) is 0 Å². The normalized spacial score (nSPS) is 14.8. The third kappa shape index (κ3) is 6.46. The molecule has 0 aromatic rings. The largest absolute Gasteiger partial charge is 0.317 e. The molecule has 3 heteroatoms. The average molecular weight is 229 g/mol. The minimum atomic E-state index is 0.321. The zero-order chi connectivity index (χ0) is 12.8. The van der Waals surface area contributed by atoms with Gasteiger partial charge in [0, 0.05) is 12.6 Å². The quantitative estimate of drug-likeness (QED) is 0.680. The van der Waals surface area contributed by atoms with Crippen molar-refractivity contribution in [2.24, 2.45) is 5.41 Å². The number of hydrogen-bond donors (Lipinski definition) is 1. The predicted octanol–water partition coefficient (Wildman–Crippen LogP) is 1.50. The summed E-state index contributed by atoms with van der Waals surface area (Å²) < 4.78 is 0. The van der Waals surface area contributed by atoms with Gasteiger partial charge in [0.1, 0.15) is 0 Å². The molecule has 16 heavy (non-hydrogen) atoms. The van der Waals surface area contributed by atoms with Crippen LogP contribution in [0, 0.1) is 5.41 Å². The number of hydrogen-bond acceptors (Lipinski definition) is 3. The van der Waals surface area contributed by atoms with Crippen molar-refractivity contribution in [2.75, 3.05) is 47.8 Å². The average Bonchev–Trinajstić information content (AvgIpc) is 2.14. The van der Waals surface area contributed by atoms with Gasteiger partial charge in [0.25, 0.3) is 0 Å². The van der Waals surface area contributed by atoms with Crippen molar-refractivity contribution >= 4 is 0 Å². The summed E-state index contributed by atoms with van der Waals surface area (Å²) in [5.74, 6) is 0. The Morgan fingerprint density at radius 1 is 1.12 bits per heavy atom. The summed E-state index contributed by atoms with van der Waals surface area (Å²) in [5, 5.41) is 3.35. The first kappa shape index (κ1) is 15.9. The molecule has 0 heterocycles. The SMILES string of the molecule is CNC(C)C(C)(C)CN(C)CCCN(C)C. The Labute approximate surface area is 102 Å². The molecule has 0 bridgehead atoms. The Morgan fingerprint density at radius 3 is 2.12 bits per heavy atom. The molecule has 0 rings (SSSR count). The minimum absolute atomic E-state index is 0.321. The molecular weight excluding hydrogens is 198 g/mol. The van der Waals surface area contributed by atoms with Crippen LogP contribution in [0.25, 0.3) is 0 Å². The number of nitrogens with one attached hydrogen (secondary N) is 1. The molecule has 0 radical (unpaired) electrons. The second-order valence-corrected chi connectivity index (χ2v) is 5.89. The number of nitrogens with zero attached hydrogens (tertiary/aromatic N) is 2. The highest BCUT2D eigenvalue weighted by molar-refractivity contribution is 4.82. The highest BCUT2D eigenvalue weighted by atomic mass is 15.1. The Hall–Kier alpha value is -0.120. The molecule has 0 aromatic carbocycles. The molecule has 0 amide bonds. The molecule has 0 aliphatic carbocycles. The van der Waals surface area contributed by atoms with Crippen molar-refractivity contribution in [3.05, 3.63) is 0 Å². The molecule has 0 spiro atoms. The molecule has 0 fully saturated rings. The van der Waals surface area contributed by atoms with E-state index in [0.717, 1.165) is 6.54 Å². The Kier molecular flexibility index (Phi) is 7.20. The van der Waals surface area contributed by atoms with E-state index in [2.05, 4.69) is 57.0 Å². The number of rotatable bonds is 8. The van der Waals surface area contributed by atoms with E-state index in [1.807, 2.05) is 7.05 Å². The molecular formula is C13H31N3. The van der Waals surface area contributed by atoms with Crippen molar-refractivity contribution in [1.29, 1.82) is 0 Å². The van der Waals surface area contributed by atoms with E-state index in [0.29, 0.717) is 11.5 Å². The van der Waals surface area contributed by atoms with Gasteiger partial charge in [-0.2, -0.15) is 0 Å². The molecule has 0 saturated carbocycles. The lowest BCUT2D eigenvalue weighted by Gasteiger charge is -2.35. The van der Waals surface area contributed by atoms with Gasteiger partial charge in [-0.05, 0) is 60.0 Å². The molecule has 0 aliphatic heterocycles. The molecule has 1 N–H and O–H groups in total. The minimum Gasteiger partial charge on any atom is -0.317 e. The maximum Gasteiger partial charge on any atom is 0.00991 e. The van der Waals surface area contributed by atoms with Crippen molar-refractivity contribution in [3.63, 3.8) is 0 Å². The van der Waals surface area contributed by atoms with Gasteiger partial charge in [-0.1, -0.05) is 13.8 Å². The van der Waals surface area contributed by atoms with E-state index >= 15 is 0 Å². The zero-order valence-electron chi connectivity index (χ0n) is 12.3. The topological polar surface area (TPSA) is 18.5 Å². The third-order valence-electron chi connectivity index (χ3n) is 3.43. The van der Waals surface area contributed by atoms with Crippen LogP contribution in [0.1, 0.15) is 27.2 Å². The molecule has 0 saturated heterocycles. The summed E-state index contributed by atoms with van der Waals surface area (Å²) in [6, 6.07) is 0.545. The lowest BCUT2D eigenvalue weighted by molar-refractivity contribution is 0.165. The Balaban J connectivity index is 3.89. The Morgan fingerprint density at radius 2 is 1.69 bits per heavy atom. The van der Waals surface area contributed by atoms with Crippen LogP contribution in [-0.4, -0.2) is 63.7 Å². The van der Waals surface area contributed by atoms with E-state index < -0.39 is 0 Å². The maximum atomic E-state index is 3.35. The summed E-state index contributed by atoms with van der Waals surface area (Å²) in [6.45, 7) is 10.4. The van der Waals surface area contributed by atoms with Crippen LogP contribution in [0.2, 0.25) is 0 Å². The second kappa shape index (κ2) is 7.25. The Bertz CT molecular complexity index is 178. The van der Waals surface area contributed by atoms with Crippen LogP contribution in [0.5, 0.6) is 0 Å². The standard InChI is InChI=1S/C13H31N3/c1-12(14-4)13(2,3)11-16(7)10-8-9-15(5)6/h12,14H,8-11H2,1-7H3. The van der Waals surface area contributed by atoms with E-state index in [9.17, 15) is 0 Å². The smallest absolute Gasteiger partial charge is 0.00991 e. The van der Waals surface area contributed by atoms with Crippen LogP contribution in [0.4, 0.5) is 0 Å². The second-order valence-electron chi connectivity index (χ2n) is 5.89. The molecule has 0 aliphatic rings. The first-order valence-corrected chi connectivity index (χ1v) is 6.30. The van der Waals surface area contributed by atoms with Crippen LogP contribution in [-0.2, 0) is 0 Å². The first-order chi connectivity index (χ1) is 7.29. The fraction of sp³-hybridized carbons (Fsp3) is 1.00. The van der Waals surface area contributed by atoms with Gasteiger partial charge < -0.3 is 15.1 Å². The summed E-state index contributed by atoms with van der Waals surface area (Å²) in [5.41, 5.74) is 0.321. The fourth-order valence-electron chi connectivity index (χ4n) is 1.96. The molecule has 0 aromatic heterocycles. The lowest BCUT2D eigenvalue weighted by Crippen LogP contribution is -2.45. The summed E-state index contributed by atoms with van der Waals surface area (Å²) in [4.78, 5) is 4.69. The predicted molar refractivity (Wildman–Crippen MR) is 73.0 cm³/mol. The van der Waals surface area contributed by atoms with Gasteiger partial charge >= 0.3 is 0 Å². The van der Waals surface area contributed by atoms with Gasteiger partial charge in [-0.15, -0.1) is 0 Å². The molecule has 1 atom stereocenters. The summed E-state index contributed by atoms with van der Waals surface area (Å²) in [7, 11) is 8.53. The van der Waals surface area contributed by atoms with Crippen molar-refractivity contribution in [2.45, 2.75) is 33.2 Å². The van der Waals surface area contributed by atoms with E-state index in [1.54, 1.807) is 0 Å².